The molecule has 1 aromatic heterocycles. The van der Waals surface area contributed by atoms with E-state index in [2.05, 4.69) is 5.32 Å². The first-order valence-corrected chi connectivity index (χ1v) is 8.38. The fourth-order valence-electron chi connectivity index (χ4n) is 2.81. The highest BCUT2D eigenvalue weighted by molar-refractivity contribution is 5.91. The summed E-state index contributed by atoms with van der Waals surface area (Å²) in [6, 6.07) is 3.72. The molecule has 2 heterocycles. The number of aryl methyl sites for hydroxylation is 1. The Labute approximate surface area is 137 Å². The number of nitrogens with one attached hydrogen (secondary N) is 1. The summed E-state index contributed by atoms with van der Waals surface area (Å²) in [7, 11) is 0. The van der Waals surface area contributed by atoms with Gasteiger partial charge in [0.15, 0.2) is 0 Å². The van der Waals surface area contributed by atoms with E-state index in [0.717, 1.165) is 31.6 Å². The van der Waals surface area contributed by atoms with E-state index in [4.69, 9.17) is 4.42 Å². The molecule has 0 spiro atoms. The van der Waals surface area contributed by atoms with Gasteiger partial charge in [-0.15, -0.1) is 0 Å². The first-order valence-electron chi connectivity index (χ1n) is 8.38. The molecule has 1 aliphatic heterocycles. The van der Waals surface area contributed by atoms with E-state index >= 15 is 0 Å². The van der Waals surface area contributed by atoms with Gasteiger partial charge in [-0.05, 0) is 50.3 Å². The fourth-order valence-corrected chi connectivity index (χ4v) is 2.81. The van der Waals surface area contributed by atoms with E-state index in [9.17, 15) is 9.59 Å². The summed E-state index contributed by atoms with van der Waals surface area (Å²) >= 11 is 0. The maximum atomic E-state index is 12.3. The van der Waals surface area contributed by atoms with Crippen molar-refractivity contribution in [3.05, 3.63) is 29.7 Å². The van der Waals surface area contributed by atoms with Crippen LogP contribution < -0.4 is 5.32 Å². The summed E-state index contributed by atoms with van der Waals surface area (Å²) in [6.45, 7) is 6.00. The normalized spacial score (nSPS) is 18.3. The van der Waals surface area contributed by atoms with Crippen LogP contribution in [0.25, 0.3) is 6.08 Å². The number of carbonyl (C=O) groups excluding carboxylic acids is 2. The van der Waals surface area contributed by atoms with Gasteiger partial charge in [-0.2, -0.15) is 0 Å². The Bertz CT molecular complexity index is 562. The maximum Gasteiger partial charge on any atom is 0.246 e. The van der Waals surface area contributed by atoms with Crippen molar-refractivity contribution in [3.63, 3.8) is 0 Å². The third-order valence-electron chi connectivity index (χ3n) is 4.05. The average molecular weight is 318 g/mol. The quantitative estimate of drug-likeness (QED) is 0.820. The molecule has 1 fully saturated rings. The van der Waals surface area contributed by atoms with Crippen LogP contribution in [-0.2, 0) is 9.59 Å². The predicted octanol–water partition coefficient (Wildman–Crippen LogP) is 2.76. The lowest BCUT2D eigenvalue weighted by atomic mass is 9.98. The highest BCUT2D eigenvalue weighted by Crippen LogP contribution is 2.17. The lowest BCUT2D eigenvalue weighted by Crippen LogP contribution is -2.43. The molecule has 1 aromatic rings. The van der Waals surface area contributed by atoms with Gasteiger partial charge in [-0.3, -0.25) is 9.59 Å². The van der Waals surface area contributed by atoms with Gasteiger partial charge in [0.2, 0.25) is 11.8 Å². The Morgan fingerprint density at radius 2 is 2.26 bits per heavy atom. The zero-order valence-electron chi connectivity index (χ0n) is 14.0. The number of hydrogen-bond acceptors (Lipinski definition) is 3. The Hall–Kier alpha value is -2.04. The zero-order valence-corrected chi connectivity index (χ0v) is 14.0. The predicted molar refractivity (Wildman–Crippen MR) is 89.7 cm³/mol. The third-order valence-corrected chi connectivity index (χ3v) is 4.05. The number of piperidine rings is 1. The molecule has 1 saturated heterocycles. The van der Waals surface area contributed by atoms with E-state index in [1.54, 1.807) is 12.2 Å². The Morgan fingerprint density at radius 3 is 2.96 bits per heavy atom. The number of nitrogens with zero attached hydrogens (tertiary/aromatic N) is 1. The summed E-state index contributed by atoms with van der Waals surface area (Å²) in [5.41, 5.74) is 0. The molecule has 1 atom stereocenters. The highest BCUT2D eigenvalue weighted by Gasteiger charge is 2.22. The van der Waals surface area contributed by atoms with Gasteiger partial charge in [-0.1, -0.05) is 6.92 Å². The maximum absolute atomic E-state index is 12.3. The third kappa shape index (κ3) is 5.58. The van der Waals surface area contributed by atoms with Crippen molar-refractivity contribution in [2.24, 2.45) is 5.92 Å². The molecule has 0 bridgehead atoms. The SMILES string of the molecule is CCCC(=O)NC[C@@H]1CCCN(C(=O)/C=C\c2ccc(C)o2)C1. The lowest BCUT2D eigenvalue weighted by Gasteiger charge is -2.32. The summed E-state index contributed by atoms with van der Waals surface area (Å²) in [4.78, 5) is 25.7. The molecule has 23 heavy (non-hydrogen) atoms. The first-order chi connectivity index (χ1) is 11.1. The van der Waals surface area contributed by atoms with E-state index in [1.165, 1.54) is 0 Å². The fraction of sp³-hybridized carbons (Fsp3) is 0.556. The van der Waals surface area contributed by atoms with Crippen molar-refractivity contribution in [2.75, 3.05) is 19.6 Å². The molecule has 0 saturated carbocycles. The average Bonchev–Trinajstić information content (AvgIpc) is 2.97. The molecule has 0 aromatic carbocycles. The van der Waals surface area contributed by atoms with Crippen molar-refractivity contribution in [1.29, 1.82) is 0 Å². The Kier molecular flexibility index (Phi) is 6.44. The summed E-state index contributed by atoms with van der Waals surface area (Å²) < 4.78 is 5.43. The van der Waals surface area contributed by atoms with Crippen LogP contribution >= 0.6 is 0 Å². The van der Waals surface area contributed by atoms with Gasteiger partial charge in [0.25, 0.3) is 0 Å². The van der Waals surface area contributed by atoms with E-state index in [-0.39, 0.29) is 11.8 Å². The van der Waals surface area contributed by atoms with E-state index in [0.29, 0.717) is 31.2 Å². The Morgan fingerprint density at radius 1 is 1.43 bits per heavy atom. The van der Waals surface area contributed by atoms with Crippen LogP contribution in [0.4, 0.5) is 0 Å². The molecule has 2 rings (SSSR count). The van der Waals surface area contributed by atoms with Crippen LogP contribution in [0.3, 0.4) is 0 Å². The van der Waals surface area contributed by atoms with E-state index < -0.39 is 0 Å². The van der Waals surface area contributed by atoms with Crippen LogP contribution in [0, 0.1) is 12.8 Å². The number of carbonyl (C=O) groups is 2. The molecular formula is C18H26N2O3. The van der Waals surface area contributed by atoms with Gasteiger partial charge in [0.05, 0.1) is 0 Å². The molecule has 5 nitrogen and oxygen atoms in total. The van der Waals surface area contributed by atoms with Crippen molar-refractivity contribution < 1.29 is 14.0 Å². The summed E-state index contributed by atoms with van der Waals surface area (Å²) in [6.07, 6.45) is 6.74. The molecule has 1 aliphatic rings. The minimum atomic E-state index is 0.00337. The summed E-state index contributed by atoms with van der Waals surface area (Å²) in [5.74, 6) is 1.97. The molecule has 0 radical (unpaired) electrons. The number of likely N-dealkylation sites (tertiary alicyclic amines) is 1. The van der Waals surface area contributed by atoms with Crippen LogP contribution in [0.5, 0.6) is 0 Å². The number of hydrogen-bond donors (Lipinski definition) is 1. The standard InChI is InChI=1S/C18H26N2O3/c1-3-5-17(21)19-12-15-6-4-11-20(13-15)18(22)10-9-16-8-7-14(2)23-16/h7-10,15H,3-6,11-13H2,1-2H3,(H,19,21)/b10-9-/t15-/m0/s1. The van der Waals surface area contributed by atoms with Gasteiger partial charge in [0, 0.05) is 32.1 Å². The van der Waals surface area contributed by atoms with Gasteiger partial charge >= 0.3 is 0 Å². The second kappa shape index (κ2) is 8.56. The van der Waals surface area contributed by atoms with Crippen LogP contribution in [0.2, 0.25) is 0 Å². The molecule has 0 aliphatic carbocycles. The second-order valence-electron chi connectivity index (χ2n) is 6.13. The molecular weight excluding hydrogens is 292 g/mol. The molecule has 2 amide bonds. The minimum absolute atomic E-state index is 0.00337. The smallest absolute Gasteiger partial charge is 0.246 e. The van der Waals surface area contributed by atoms with Crippen LogP contribution in [0.1, 0.15) is 44.1 Å². The van der Waals surface area contributed by atoms with Gasteiger partial charge < -0.3 is 14.6 Å². The monoisotopic (exact) mass is 318 g/mol. The van der Waals surface area contributed by atoms with Gasteiger partial charge in [-0.25, -0.2) is 0 Å². The molecule has 0 unspecified atom stereocenters. The lowest BCUT2D eigenvalue weighted by molar-refractivity contribution is -0.127. The number of rotatable bonds is 6. The summed E-state index contributed by atoms with van der Waals surface area (Å²) in [5, 5.41) is 2.96. The van der Waals surface area contributed by atoms with Gasteiger partial charge in [0.1, 0.15) is 11.5 Å². The van der Waals surface area contributed by atoms with Crippen molar-refractivity contribution in [1.82, 2.24) is 10.2 Å². The number of amides is 2. The zero-order chi connectivity index (χ0) is 16.7. The number of furan rings is 1. The molecule has 1 N–H and O–H groups in total. The minimum Gasteiger partial charge on any atom is -0.462 e. The van der Waals surface area contributed by atoms with Crippen molar-refractivity contribution in [3.8, 4) is 0 Å². The highest BCUT2D eigenvalue weighted by atomic mass is 16.3. The molecule has 5 heteroatoms. The second-order valence-corrected chi connectivity index (χ2v) is 6.13. The topological polar surface area (TPSA) is 62.6 Å². The van der Waals surface area contributed by atoms with Crippen LogP contribution in [-0.4, -0.2) is 36.3 Å². The Balaban J connectivity index is 1.81. The largest absolute Gasteiger partial charge is 0.462 e. The van der Waals surface area contributed by atoms with Crippen LogP contribution in [0.15, 0.2) is 22.6 Å². The molecule has 126 valence electrons. The van der Waals surface area contributed by atoms with Crippen molar-refractivity contribution in [2.45, 2.75) is 39.5 Å². The van der Waals surface area contributed by atoms with E-state index in [1.807, 2.05) is 30.9 Å². The first kappa shape index (κ1) is 17.3. The van der Waals surface area contributed by atoms with Crippen molar-refractivity contribution >= 4 is 17.9 Å².